The molecule has 1 atom stereocenters. The van der Waals surface area contributed by atoms with Gasteiger partial charge in [0.25, 0.3) is 11.8 Å². The number of piperidine rings is 1. The highest BCUT2D eigenvalue weighted by Gasteiger charge is 2.43. The molecule has 0 spiro atoms. The minimum absolute atomic E-state index is 0.130. The number of nitrogens with two attached hydrogens (primary N) is 1. The molecule has 0 radical (unpaired) electrons. The quantitative estimate of drug-likeness (QED) is 0.854. The number of fused-ring (bicyclic) bond motifs is 1. The molecule has 1 unspecified atom stereocenters. The van der Waals surface area contributed by atoms with E-state index in [1.54, 1.807) is 10.3 Å². The van der Waals surface area contributed by atoms with Crippen LogP contribution in [-0.2, 0) is 16.1 Å². The number of likely N-dealkylation sites (tertiary alicyclic amines) is 1. The molecule has 1 aromatic rings. The van der Waals surface area contributed by atoms with E-state index in [0.717, 1.165) is 18.4 Å². The van der Waals surface area contributed by atoms with E-state index in [-0.39, 0.29) is 17.7 Å². The van der Waals surface area contributed by atoms with Crippen LogP contribution in [0.5, 0.6) is 0 Å². The number of thiophene rings is 1. The molecule has 3 amide bonds. The minimum Gasteiger partial charge on any atom is -0.390 e. The van der Waals surface area contributed by atoms with E-state index in [9.17, 15) is 14.4 Å². The lowest BCUT2D eigenvalue weighted by molar-refractivity contribution is -0.152. The zero-order valence-electron chi connectivity index (χ0n) is 12.5. The molecule has 1 saturated heterocycles. The number of nitrogens with zero attached hydrogens (tertiary/aromatic N) is 2. The van der Waals surface area contributed by atoms with Crippen LogP contribution in [0, 0.1) is 0 Å². The van der Waals surface area contributed by atoms with Crippen LogP contribution in [0.4, 0.5) is 5.00 Å². The van der Waals surface area contributed by atoms with Crippen molar-refractivity contribution < 1.29 is 14.4 Å². The van der Waals surface area contributed by atoms with E-state index in [1.165, 1.54) is 16.2 Å². The van der Waals surface area contributed by atoms with Gasteiger partial charge in [0.1, 0.15) is 6.04 Å². The van der Waals surface area contributed by atoms with Crippen LogP contribution in [0.25, 0.3) is 0 Å². The number of rotatable bonds is 4. The number of hydrogen-bond acceptors (Lipinski definition) is 5. The second kappa shape index (κ2) is 5.72. The molecule has 118 valence electrons. The molecule has 0 aliphatic carbocycles. The van der Waals surface area contributed by atoms with Crippen LogP contribution in [0.3, 0.4) is 0 Å². The summed E-state index contributed by atoms with van der Waals surface area (Å²) in [6.07, 6.45) is 2.42. The molecule has 1 fully saturated rings. The van der Waals surface area contributed by atoms with Gasteiger partial charge < -0.3 is 10.6 Å². The van der Waals surface area contributed by atoms with Gasteiger partial charge in [0.05, 0.1) is 17.1 Å². The first kappa shape index (κ1) is 15.0. The first-order chi connectivity index (χ1) is 10.5. The third-order valence-corrected chi connectivity index (χ3v) is 5.20. The van der Waals surface area contributed by atoms with E-state index < -0.39 is 6.04 Å². The maximum Gasteiger partial charge on any atom is 0.256 e. The molecule has 3 rings (SSSR count). The molecule has 22 heavy (non-hydrogen) atoms. The van der Waals surface area contributed by atoms with Crippen LogP contribution >= 0.6 is 11.3 Å². The van der Waals surface area contributed by atoms with Gasteiger partial charge in [0.15, 0.2) is 0 Å². The summed E-state index contributed by atoms with van der Waals surface area (Å²) >= 11 is 1.35. The molecule has 0 saturated carbocycles. The Balaban J connectivity index is 1.79. The molecule has 1 aromatic heterocycles. The van der Waals surface area contributed by atoms with E-state index in [2.05, 4.69) is 0 Å². The highest BCUT2D eigenvalue weighted by atomic mass is 32.1. The fourth-order valence-corrected chi connectivity index (χ4v) is 3.85. The van der Waals surface area contributed by atoms with Crippen molar-refractivity contribution in [1.82, 2.24) is 9.80 Å². The van der Waals surface area contributed by atoms with E-state index in [0.29, 0.717) is 36.5 Å². The SMILES string of the molecule is CCCCN1C(=O)CCC(N2Cc3c(csc3N)C2=O)C1=O. The fraction of sp³-hybridized carbons (Fsp3) is 0.533. The third-order valence-electron chi connectivity index (χ3n) is 4.34. The predicted molar refractivity (Wildman–Crippen MR) is 83.3 cm³/mol. The Morgan fingerprint density at radius 3 is 2.82 bits per heavy atom. The smallest absolute Gasteiger partial charge is 0.256 e. The standard InChI is InChI=1S/C15H19N3O3S/c1-2-3-6-17-12(19)5-4-11(15(17)21)18-7-9-10(14(18)20)8-22-13(9)16/h8,11H,2-7,16H2,1H3. The first-order valence-electron chi connectivity index (χ1n) is 7.55. The molecular weight excluding hydrogens is 302 g/mol. The van der Waals surface area contributed by atoms with E-state index >= 15 is 0 Å². The van der Waals surface area contributed by atoms with Gasteiger partial charge in [-0.25, -0.2) is 0 Å². The lowest BCUT2D eigenvalue weighted by atomic mass is 10.0. The monoisotopic (exact) mass is 321 g/mol. The fourth-order valence-electron chi connectivity index (χ4n) is 3.05. The summed E-state index contributed by atoms with van der Waals surface area (Å²) in [5.74, 6) is -0.522. The largest absolute Gasteiger partial charge is 0.390 e. The topological polar surface area (TPSA) is 83.7 Å². The Morgan fingerprint density at radius 2 is 2.14 bits per heavy atom. The summed E-state index contributed by atoms with van der Waals surface area (Å²) in [5.41, 5.74) is 7.31. The van der Waals surface area contributed by atoms with Gasteiger partial charge in [-0.15, -0.1) is 11.3 Å². The second-order valence-corrected chi connectivity index (χ2v) is 6.63. The summed E-state index contributed by atoms with van der Waals surface area (Å²) in [6.45, 7) is 2.83. The molecule has 6 nitrogen and oxygen atoms in total. The van der Waals surface area contributed by atoms with Crippen LogP contribution in [-0.4, -0.2) is 40.1 Å². The summed E-state index contributed by atoms with van der Waals surface area (Å²) in [7, 11) is 0. The number of amides is 3. The molecule has 2 aliphatic rings. The van der Waals surface area contributed by atoms with Crippen LogP contribution in [0.2, 0.25) is 0 Å². The number of anilines is 1. The van der Waals surface area contributed by atoms with Gasteiger partial charge in [0.2, 0.25) is 5.91 Å². The van der Waals surface area contributed by atoms with Crippen molar-refractivity contribution in [3.63, 3.8) is 0 Å². The van der Waals surface area contributed by atoms with Crippen LogP contribution in [0.1, 0.15) is 48.5 Å². The maximum atomic E-state index is 12.6. The van der Waals surface area contributed by atoms with Crippen molar-refractivity contribution >= 4 is 34.1 Å². The van der Waals surface area contributed by atoms with Crippen molar-refractivity contribution in [2.75, 3.05) is 12.3 Å². The summed E-state index contributed by atoms with van der Waals surface area (Å²) in [4.78, 5) is 39.9. The third kappa shape index (κ3) is 2.29. The Kier molecular flexibility index (Phi) is 3.90. The zero-order chi connectivity index (χ0) is 15.9. The van der Waals surface area contributed by atoms with Crippen LogP contribution < -0.4 is 5.73 Å². The Morgan fingerprint density at radius 1 is 1.36 bits per heavy atom. The lowest BCUT2D eigenvalue weighted by Gasteiger charge is -2.35. The molecular formula is C15H19N3O3S. The summed E-state index contributed by atoms with van der Waals surface area (Å²) in [6, 6.07) is -0.543. The number of imide groups is 1. The zero-order valence-corrected chi connectivity index (χ0v) is 13.3. The van der Waals surface area contributed by atoms with Gasteiger partial charge in [-0.05, 0) is 12.8 Å². The van der Waals surface area contributed by atoms with Crippen molar-refractivity contribution in [2.24, 2.45) is 0 Å². The van der Waals surface area contributed by atoms with E-state index in [1.807, 2.05) is 6.92 Å². The Hall–Kier alpha value is -1.89. The number of carbonyl (C=O) groups is 3. The minimum atomic E-state index is -0.543. The summed E-state index contributed by atoms with van der Waals surface area (Å²) in [5, 5.41) is 2.38. The number of nitrogen functional groups attached to an aromatic ring is 1. The Labute approximate surface area is 132 Å². The Bertz CT molecular complexity index is 640. The maximum absolute atomic E-state index is 12.6. The molecule has 2 aliphatic heterocycles. The van der Waals surface area contributed by atoms with Crippen molar-refractivity contribution in [3.8, 4) is 0 Å². The highest BCUT2D eigenvalue weighted by Crippen LogP contribution is 2.35. The average Bonchev–Trinajstić information content (AvgIpc) is 3.01. The molecule has 7 heteroatoms. The van der Waals surface area contributed by atoms with E-state index in [4.69, 9.17) is 5.73 Å². The van der Waals surface area contributed by atoms with Crippen molar-refractivity contribution in [3.05, 3.63) is 16.5 Å². The molecule has 2 N–H and O–H groups in total. The van der Waals surface area contributed by atoms with Gasteiger partial charge >= 0.3 is 0 Å². The van der Waals surface area contributed by atoms with Gasteiger partial charge in [-0.3, -0.25) is 19.3 Å². The van der Waals surface area contributed by atoms with Crippen molar-refractivity contribution in [2.45, 2.75) is 45.2 Å². The number of unbranched alkanes of at least 4 members (excludes halogenated alkanes) is 1. The highest BCUT2D eigenvalue weighted by molar-refractivity contribution is 7.14. The van der Waals surface area contributed by atoms with Gasteiger partial charge in [-0.2, -0.15) is 0 Å². The van der Waals surface area contributed by atoms with Crippen LogP contribution in [0.15, 0.2) is 5.38 Å². The van der Waals surface area contributed by atoms with Crippen molar-refractivity contribution in [1.29, 1.82) is 0 Å². The predicted octanol–water partition coefficient (Wildman–Crippen LogP) is 1.60. The molecule has 0 bridgehead atoms. The number of hydrogen-bond donors (Lipinski definition) is 1. The molecule has 0 aromatic carbocycles. The average molecular weight is 321 g/mol. The second-order valence-electron chi connectivity index (χ2n) is 5.72. The number of carbonyl (C=O) groups excluding carboxylic acids is 3. The normalized spacial score (nSPS) is 21.7. The summed E-state index contributed by atoms with van der Waals surface area (Å²) < 4.78 is 0. The first-order valence-corrected chi connectivity index (χ1v) is 8.43. The van der Waals surface area contributed by atoms with Gasteiger partial charge in [-0.1, -0.05) is 13.3 Å². The molecule has 3 heterocycles. The van der Waals surface area contributed by atoms with Gasteiger partial charge in [0, 0.05) is 23.9 Å². The lowest BCUT2D eigenvalue weighted by Crippen LogP contribution is -2.54.